The Bertz CT molecular complexity index is 9600. The van der Waals surface area contributed by atoms with Gasteiger partial charge in [0.2, 0.25) is 0 Å². The third-order valence-electron chi connectivity index (χ3n) is 29.9. The molecule has 27 aromatic carbocycles. The van der Waals surface area contributed by atoms with E-state index in [1.165, 1.54) is 274 Å². The zero-order valence-corrected chi connectivity index (χ0v) is 78.3. The summed E-state index contributed by atoms with van der Waals surface area (Å²) in [5.41, 5.74) is 33.1. The largest absolute Gasteiger partial charge is 0.0622 e. The van der Waals surface area contributed by atoms with Crippen LogP contribution < -0.4 is 0 Å². The zero-order valence-electron chi connectivity index (χ0n) is 78.3. The summed E-state index contributed by atoms with van der Waals surface area (Å²) >= 11 is 0. The monoisotopic (exact) mass is 1790 g/mol. The first-order valence-corrected chi connectivity index (χ1v) is 49.2. The highest BCUT2D eigenvalue weighted by molar-refractivity contribution is 6.29. The molecule has 0 saturated carbocycles. The Hall–Kier alpha value is -17.9. The SMILES string of the molecule is CC1(C)c2ccccc2-c2ccc(-c3ccc4c(-c5ccc(-c6ccccc6)cc5)c5ccccc5c(-c5ccccc5)c4c3)cc21.c1ccc(-c2c3ccccc3c(-c3ccc4c(-c5cccc6ccccc56)c5ccccc5c(-c5ccc6ccccc6c5)c4c3)c3ccccc23)cc1.c1ccc(-c2ccc3c(-c4ccc5ccccc5c4)c4ccccc4c(-c4cccc5ccccc45)c3c2)cc1. The molecule has 0 amide bonds. The van der Waals surface area contributed by atoms with Crippen LogP contribution in [0.1, 0.15) is 25.0 Å². The molecule has 141 heavy (non-hydrogen) atoms. The van der Waals surface area contributed by atoms with Crippen LogP contribution in [0.2, 0.25) is 0 Å². The van der Waals surface area contributed by atoms with E-state index in [4.69, 9.17) is 0 Å². The van der Waals surface area contributed by atoms with Crippen molar-refractivity contribution in [2.45, 2.75) is 19.3 Å². The first kappa shape index (κ1) is 83.6. The van der Waals surface area contributed by atoms with E-state index in [0.29, 0.717) is 0 Å². The number of benzene rings is 27. The Labute approximate surface area is 821 Å². The van der Waals surface area contributed by atoms with E-state index in [2.05, 4.69) is 548 Å². The molecule has 658 valence electrons. The smallest absolute Gasteiger partial charge is 0.0159 e. The normalized spacial score (nSPS) is 12.1. The molecular weight excluding hydrogens is 1690 g/mol. The highest BCUT2D eigenvalue weighted by Gasteiger charge is 2.36. The van der Waals surface area contributed by atoms with Crippen molar-refractivity contribution in [1.29, 1.82) is 0 Å². The molecule has 0 atom stereocenters. The lowest BCUT2D eigenvalue weighted by molar-refractivity contribution is 0.660. The summed E-state index contributed by atoms with van der Waals surface area (Å²) in [6.07, 6.45) is 0. The van der Waals surface area contributed by atoms with Gasteiger partial charge < -0.3 is 0 Å². The first-order chi connectivity index (χ1) is 69.7. The molecule has 0 heterocycles. The molecule has 1 aliphatic rings. The van der Waals surface area contributed by atoms with Crippen LogP contribution >= 0.6 is 0 Å². The Morgan fingerprint density at radius 3 is 0.780 bits per heavy atom. The Morgan fingerprint density at radius 2 is 0.333 bits per heavy atom. The molecule has 0 spiro atoms. The van der Waals surface area contributed by atoms with Crippen LogP contribution in [0.5, 0.6) is 0 Å². The fraction of sp³-hybridized carbons (Fsp3) is 0.0213. The number of rotatable bonds is 11. The molecule has 0 aromatic heterocycles. The van der Waals surface area contributed by atoms with Crippen LogP contribution in [0.3, 0.4) is 0 Å². The molecule has 0 aliphatic heterocycles. The predicted molar refractivity (Wildman–Crippen MR) is 607 cm³/mol. The van der Waals surface area contributed by atoms with Crippen LogP contribution in [0.15, 0.2) is 534 Å². The van der Waals surface area contributed by atoms with E-state index in [9.17, 15) is 0 Å². The van der Waals surface area contributed by atoms with Crippen molar-refractivity contribution in [3.8, 4) is 134 Å². The second kappa shape index (κ2) is 35.0. The molecule has 27 aromatic rings. The lowest BCUT2D eigenvalue weighted by Gasteiger charge is -2.22. The Morgan fingerprint density at radius 1 is 0.106 bits per heavy atom. The van der Waals surface area contributed by atoms with Crippen molar-refractivity contribution in [2.75, 3.05) is 0 Å². The maximum absolute atomic E-state index is 2.48. The molecule has 1 aliphatic carbocycles. The second-order valence-corrected chi connectivity index (χ2v) is 38.2. The van der Waals surface area contributed by atoms with E-state index >= 15 is 0 Å². The van der Waals surface area contributed by atoms with Crippen molar-refractivity contribution in [2.24, 2.45) is 0 Å². The van der Waals surface area contributed by atoms with Gasteiger partial charge in [0.25, 0.3) is 0 Å². The van der Waals surface area contributed by atoms with Gasteiger partial charge >= 0.3 is 0 Å². The lowest BCUT2D eigenvalue weighted by Crippen LogP contribution is -2.14. The Kier molecular flexibility index (Phi) is 20.8. The van der Waals surface area contributed by atoms with Gasteiger partial charge in [-0.05, 0) is 310 Å². The molecule has 28 rings (SSSR count). The number of hydrogen-bond acceptors (Lipinski definition) is 0. The van der Waals surface area contributed by atoms with Crippen molar-refractivity contribution < 1.29 is 0 Å². The van der Waals surface area contributed by atoms with Crippen LogP contribution in [0.4, 0.5) is 0 Å². The topological polar surface area (TPSA) is 0 Å². The average molecular weight is 1790 g/mol. The van der Waals surface area contributed by atoms with Crippen molar-refractivity contribution in [3.63, 3.8) is 0 Å². The lowest BCUT2D eigenvalue weighted by atomic mass is 9.81. The van der Waals surface area contributed by atoms with Gasteiger partial charge in [-0.1, -0.05) is 511 Å². The van der Waals surface area contributed by atoms with Crippen molar-refractivity contribution in [3.05, 3.63) is 545 Å². The van der Waals surface area contributed by atoms with E-state index in [1.807, 2.05) is 0 Å². The molecule has 0 N–H and O–H groups in total. The third-order valence-corrected chi connectivity index (χ3v) is 29.9. The standard InChI is InChI=1S/C54H34.C47H34.C40H26/c1-2-17-37(18-3-1)51-43-22-8-10-24-45(43)52(46-25-11-9-23-44(46)51)40-31-32-49-50(34-40)53(39-30-29-35-15-4-5-19-38(35)33-39)47-26-12-13-27-48(47)54(49)42-28-14-20-36-16-6-7-21-41(36)42;1-47(2)43-20-12-11-17-37(43)38-27-25-36(30-44(38)47)35-26-28-41-42(29-35)46(33-15-7-4-8-16-33)40-19-10-9-18-39(40)45(41)34-23-21-32(22-24-34)31-13-5-3-6-14-31;1-2-11-27(12-3-1)31-23-24-37-38(26-31)40(34-20-10-16-29-14-6-7-17-33(29)34)36-19-9-8-18-35(36)39(37)32-22-21-28-13-4-5-15-30(28)25-32/h1-34H;3-30H,1-2H3;1-26H. The Balaban J connectivity index is 0.000000110. The zero-order chi connectivity index (χ0) is 93.6. The molecular formula is C141H94. The van der Waals surface area contributed by atoms with Crippen LogP contribution in [0, 0.1) is 0 Å². The van der Waals surface area contributed by atoms with Crippen molar-refractivity contribution in [1.82, 2.24) is 0 Å². The molecule has 0 radical (unpaired) electrons. The minimum absolute atomic E-state index is 0.0384. The van der Waals surface area contributed by atoms with Gasteiger partial charge in [-0.15, -0.1) is 0 Å². The minimum atomic E-state index is -0.0384. The fourth-order valence-corrected chi connectivity index (χ4v) is 23.4. The summed E-state index contributed by atoms with van der Waals surface area (Å²) in [6.45, 7) is 4.72. The molecule has 0 bridgehead atoms. The van der Waals surface area contributed by atoms with Gasteiger partial charge in [0.1, 0.15) is 0 Å². The molecule has 0 unspecified atom stereocenters. The van der Waals surface area contributed by atoms with Crippen LogP contribution in [-0.4, -0.2) is 0 Å². The highest BCUT2D eigenvalue weighted by Crippen LogP contribution is 2.55. The molecule has 0 fully saturated rings. The summed E-state index contributed by atoms with van der Waals surface area (Å²) in [5, 5.41) is 30.4. The van der Waals surface area contributed by atoms with Crippen LogP contribution in [0.25, 0.3) is 263 Å². The third kappa shape index (κ3) is 14.5. The summed E-state index contributed by atoms with van der Waals surface area (Å²) in [4.78, 5) is 0. The van der Waals surface area contributed by atoms with E-state index in [-0.39, 0.29) is 5.41 Å². The van der Waals surface area contributed by atoms with Gasteiger partial charge in [0.05, 0.1) is 0 Å². The predicted octanol–water partition coefficient (Wildman–Crippen LogP) is 39.5. The average Bonchev–Trinajstić information content (AvgIpc) is 1.64. The van der Waals surface area contributed by atoms with Crippen molar-refractivity contribution >= 4 is 129 Å². The van der Waals surface area contributed by atoms with Gasteiger partial charge in [-0.2, -0.15) is 0 Å². The van der Waals surface area contributed by atoms with Crippen LogP contribution in [-0.2, 0) is 5.41 Å². The van der Waals surface area contributed by atoms with E-state index in [0.717, 1.165) is 0 Å². The van der Waals surface area contributed by atoms with Gasteiger partial charge in [0.15, 0.2) is 0 Å². The summed E-state index contributed by atoms with van der Waals surface area (Å²) in [7, 11) is 0. The van der Waals surface area contributed by atoms with Gasteiger partial charge in [0, 0.05) is 5.41 Å². The molecule has 0 heteroatoms. The highest BCUT2D eigenvalue weighted by atomic mass is 14.4. The summed E-state index contributed by atoms with van der Waals surface area (Å²) < 4.78 is 0. The maximum atomic E-state index is 2.48. The van der Waals surface area contributed by atoms with Gasteiger partial charge in [-0.3, -0.25) is 0 Å². The fourth-order valence-electron chi connectivity index (χ4n) is 23.4. The van der Waals surface area contributed by atoms with E-state index in [1.54, 1.807) is 0 Å². The van der Waals surface area contributed by atoms with Gasteiger partial charge in [-0.25, -0.2) is 0 Å². The quantitative estimate of drug-likeness (QED) is 0.113. The number of fused-ring (bicyclic) bond motifs is 15. The molecule has 0 saturated heterocycles. The summed E-state index contributed by atoms with van der Waals surface area (Å²) in [5.74, 6) is 0. The first-order valence-electron chi connectivity index (χ1n) is 49.2. The second-order valence-electron chi connectivity index (χ2n) is 38.2. The minimum Gasteiger partial charge on any atom is -0.0622 e. The number of hydrogen-bond donors (Lipinski definition) is 0. The maximum Gasteiger partial charge on any atom is 0.0159 e. The molecule has 0 nitrogen and oxygen atoms in total. The summed E-state index contributed by atoms with van der Waals surface area (Å²) in [6, 6.07) is 196. The van der Waals surface area contributed by atoms with E-state index < -0.39 is 0 Å².